The zero-order valence-corrected chi connectivity index (χ0v) is 13.1. The third-order valence-corrected chi connectivity index (χ3v) is 3.26. The van der Waals surface area contributed by atoms with Gasteiger partial charge in [-0.1, -0.05) is 13.0 Å². The van der Waals surface area contributed by atoms with Gasteiger partial charge < -0.3 is 19.5 Å². The number of hydrogen-bond acceptors (Lipinski definition) is 4. The quantitative estimate of drug-likeness (QED) is 0.669. The smallest absolute Gasteiger partial charge is 0.203 e. The minimum Gasteiger partial charge on any atom is -0.493 e. The lowest BCUT2D eigenvalue weighted by Gasteiger charge is -2.15. The van der Waals surface area contributed by atoms with E-state index in [-0.39, 0.29) is 0 Å². The van der Waals surface area contributed by atoms with Gasteiger partial charge in [-0.2, -0.15) is 0 Å². The fraction of sp³-hybridized carbons (Fsp3) is 0.625. The Morgan fingerprint density at radius 1 is 0.900 bits per heavy atom. The molecule has 0 radical (unpaired) electrons. The van der Waals surface area contributed by atoms with Crippen LogP contribution in [0.4, 0.5) is 0 Å². The second-order valence-electron chi connectivity index (χ2n) is 4.70. The number of rotatable bonds is 10. The molecule has 0 bridgehead atoms. The van der Waals surface area contributed by atoms with E-state index in [4.69, 9.17) is 14.2 Å². The number of methoxy groups -OCH3 is 3. The van der Waals surface area contributed by atoms with E-state index in [1.54, 1.807) is 21.3 Å². The van der Waals surface area contributed by atoms with Crippen molar-refractivity contribution in [2.24, 2.45) is 0 Å². The van der Waals surface area contributed by atoms with Gasteiger partial charge in [-0.25, -0.2) is 0 Å². The van der Waals surface area contributed by atoms with Crippen LogP contribution in [-0.2, 0) is 6.42 Å². The molecule has 0 heterocycles. The summed E-state index contributed by atoms with van der Waals surface area (Å²) in [6.07, 6.45) is 4.46. The monoisotopic (exact) mass is 281 g/mol. The lowest BCUT2D eigenvalue weighted by molar-refractivity contribution is 0.322. The summed E-state index contributed by atoms with van der Waals surface area (Å²) >= 11 is 0. The van der Waals surface area contributed by atoms with Crippen molar-refractivity contribution in [3.63, 3.8) is 0 Å². The average molecular weight is 281 g/mol. The Kier molecular flexibility index (Phi) is 7.88. The van der Waals surface area contributed by atoms with Crippen molar-refractivity contribution in [3.05, 3.63) is 17.7 Å². The number of hydrogen-bond donors (Lipinski definition) is 1. The zero-order chi connectivity index (χ0) is 14.8. The summed E-state index contributed by atoms with van der Waals surface area (Å²) in [7, 11) is 4.94. The van der Waals surface area contributed by atoms with Crippen LogP contribution < -0.4 is 19.5 Å². The van der Waals surface area contributed by atoms with Gasteiger partial charge in [0.25, 0.3) is 0 Å². The molecule has 0 spiro atoms. The molecule has 1 aromatic rings. The number of benzene rings is 1. The minimum absolute atomic E-state index is 0.677. The fourth-order valence-electron chi connectivity index (χ4n) is 2.23. The molecule has 0 fully saturated rings. The molecular formula is C16H27NO3. The van der Waals surface area contributed by atoms with Gasteiger partial charge in [0.15, 0.2) is 11.5 Å². The number of unbranched alkanes of at least 4 members (excludes halogenated alkanes) is 1. The summed E-state index contributed by atoms with van der Waals surface area (Å²) in [6.45, 7) is 4.35. The maximum atomic E-state index is 5.48. The lowest BCUT2D eigenvalue weighted by Crippen LogP contribution is -2.15. The van der Waals surface area contributed by atoms with Gasteiger partial charge in [0.2, 0.25) is 5.75 Å². The van der Waals surface area contributed by atoms with Crippen molar-refractivity contribution in [2.75, 3.05) is 34.4 Å². The number of aryl methyl sites for hydroxylation is 1. The normalized spacial score (nSPS) is 10.4. The second kappa shape index (κ2) is 9.48. The van der Waals surface area contributed by atoms with Crippen molar-refractivity contribution < 1.29 is 14.2 Å². The van der Waals surface area contributed by atoms with Crippen LogP contribution in [0.25, 0.3) is 0 Å². The van der Waals surface area contributed by atoms with Gasteiger partial charge in [0.05, 0.1) is 21.3 Å². The Hall–Kier alpha value is -1.42. The maximum absolute atomic E-state index is 5.48. The standard InChI is InChI=1S/C16H27NO3/c1-5-11-17-12-7-6-8-13-9-10-14(18-2)16(20-4)15(13)19-3/h9-10,17H,5-8,11-12H2,1-4H3. The Bertz CT molecular complexity index is 394. The van der Waals surface area contributed by atoms with Crippen LogP contribution in [0.15, 0.2) is 12.1 Å². The highest BCUT2D eigenvalue weighted by atomic mass is 16.5. The SMILES string of the molecule is CCCNCCCCc1ccc(OC)c(OC)c1OC. The molecule has 1 rings (SSSR count). The average Bonchev–Trinajstić information content (AvgIpc) is 2.49. The van der Waals surface area contributed by atoms with E-state index in [1.165, 1.54) is 12.0 Å². The van der Waals surface area contributed by atoms with E-state index < -0.39 is 0 Å². The molecule has 4 nitrogen and oxygen atoms in total. The molecule has 0 amide bonds. The zero-order valence-electron chi connectivity index (χ0n) is 13.1. The molecule has 114 valence electrons. The predicted molar refractivity (Wildman–Crippen MR) is 82.2 cm³/mol. The largest absolute Gasteiger partial charge is 0.493 e. The first-order valence-corrected chi connectivity index (χ1v) is 7.27. The van der Waals surface area contributed by atoms with Gasteiger partial charge in [0.1, 0.15) is 0 Å². The third kappa shape index (κ3) is 4.60. The Morgan fingerprint density at radius 3 is 2.25 bits per heavy atom. The maximum Gasteiger partial charge on any atom is 0.203 e. The molecule has 0 saturated heterocycles. The summed E-state index contributed by atoms with van der Waals surface area (Å²) in [5.41, 5.74) is 1.17. The van der Waals surface area contributed by atoms with E-state index in [0.29, 0.717) is 11.5 Å². The molecule has 0 aromatic heterocycles. The van der Waals surface area contributed by atoms with Gasteiger partial charge in [0, 0.05) is 0 Å². The van der Waals surface area contributed by atoms with Crippen LogP contribution in [-0.4, -0.2) is 34.4 Å². The van der Waals surface area contributed by atoms with Crippen LogP contribution >= 0.6 is 0 Å². The molecule has 0 saturated carbocycles. The minimum atomic E-state index is 0.677. The van der Waals surface area contributed by atoms with E-state index >= 15 is 0 Å². The van der Waals surface area contributed by atoms with E-state index in [2.05, 4.69) is 18.3 Å². The van der Waals surface area contributed by atoms with Crippen LogP contribution in [0.1, 0.15) is 31.7 Å². The summed E-state index contributed by atoms with van der Waals surface area (Å²) in [4.78, 5) is 0. The predicted octanol–water partition coefficient (Wildman–Crippen LogP) is 3.03. The van der Waals surface area contributed by atoms with Gasteiger partial charge in [-0.15, -0.1) is 0 Å². The molecular weight excluding hydrogens is 254 g/mol. The fourth-order valence-corrected chi connectivity index (χ4v) is 2.23. The summed E-state index contributed by atoms with van der Waals surface area (Å²) in [5.74, 6) is 2.17. The Balaban J connectivity index is 2.61. The van der Waals surface area contributed by atoms with Crippen molar-refractivity contribution in [2.45, 2.75) is 32.6 Å². The van der Waals surface area contributed by atoms with Gasteiger partial charge >= 0.3 is 0 Å². The van der Waals surface area contributed by atoms with Crippen molar-refractivity contribution in [1.82, 2.24) is 5.32 Å². The van der Waals surface area contributed by atoms with Gasteiger partial charge in [-0.3, -0.25) is 0 Å². The first kappa shape index (κ1) is 16.6. The van der Waals surface area contributed by atoms with Crippen molar-refractivity contribution in [3.8, 4) is 17.2 Å². The highest BCUT2D eigenvalue weighted by Gasteiger charge is 2.15. The highest BCUT2D eigenvalue weighted by Crippen LogP contribution is 2.40. The van der Waals surface area contributed by atoms with Crippen molar-refractivity contribution >= 4 is 0 Å². The molecule has 1 aromatic carbocycles. The Morgan fingerprint density at radius 2 is 1.65 bits per heavy atom. The second-order valence-corrected chi connectivity index (χ2v) is 4.70. The Labute approximate surface area is 122 Å². The number of nitrogens with one attached hydrogen (secondary N) is 1. The molecule has 20 heavy (non-hydrogen) atoms. The highest BCUT2D eigenvalue weighted by molar-refractivity contribution is 5.55. The van der Waals surface area contributed by atoms with E-state index in [9.17, 15) is 0 Å². The van der Waals surface area contributed by atoms with Crippen LogP contribution in [0.2, 0.25) is 0 Å². The van der Waals surface area contributed by atoms with E-state index in [0.717, 1.165) is 38.1 Å². The summed E-state index contributed by atoms with van der Waals surface area (Å²) in [6, 6.07) is 3.99. The summed E-state index contributed by atoms with van der Waals surface area (Å²) < 4.78 is 16.2. The van der Waals surface area contributed by atoms with Crippen LogP contribution in [0, 0.1) is 0 Å². The van der Waals surface area contributed by atoms with Crippen LogP contribution in [0.3, 0.4) is 0 Å². The summed E-state index contributed by atoms with van der Waals surface area (Å²) in [5, 5.41) is 3.41. The lowest BCUT2D eigenvalue weighted by atomic mass is 10.1. The molecule has 4 heteroatoms. The van der Waals surface area contributed by atoms with Crippen LogP contribution in [0.5, 0.6) is 17.2 Å². The molecule has 0 aliphatic heterocycles. The molecule has 0 aliphatic carbocycles. The third-order valence-electron chi connectivity index (χ3n) is 3.26. The van der Waals surface area contributed by atoms with Crippen molar-refractivity contribution in [1.29, 1.82) is 0 Å². The molecule has 0 atom stereocenters. The number of ether oxygens (including phenoxy) is 3. The topological polar surface area (TPSA) is 39.7 Å². The molecule has 0 unspecified atom stereocenters. The molecule has 0 aliphatic rings. The van der Waals surface area contributed by atoms with E-state index in [1.807, 2.05) is 6.07 Å². The van der Waals surface area contributed by atoms with Gasteiger partial charge in [-0.05, 0) is 50.4 Å². The first-order chi connectivity index (χ1) is 9.78. The first-order valence-electron chi connectivity index (χ1n) is 7.27. The molecule has 1 N–H and O–H groups in total.